The highest BCUT2D eigenvalue weighted by Gasteiger charge is 2.71. The number of allylic oxidation sites excluding steroid dienone is 2. The van der Waals surface area contributed by atoms with E-state index in [1.54, 1.807) is 0 Å². The monoisotopic (exact) mass is 622 g/mol. The van der Waals surface area contributed by atoms with E-state index in [1.165, 1.54) is 5.57 Å². The van der Waals surface area contributed by atoms with Gasteiger partial charge in [-0.15, -0.1) is 0 Å². The lowest BCUT2D eigenvalue weighted by molar-refractivity contribution is -0.336. The maximum atomic E-state index is 12.2. The van der Waals surface area contributed by atoms with Crippen molar-refractivity contribution >= 4 is 0 Å². The summed E-state index contributed by atoms with van der Waals surface area (Å²) >= 11 is 0. The zero-order chi connectivity index (χ0) is 32.6. The van der Waals surface area contributed by atoms with Gasteiger partial charge in [0, 0.05) is 0 Å². The average Bonchev–Trinajstić information content (AvgIpc) is 3.33. The summed E-state index contributed by atoms with van der Waals surface area (Å²) in [6.07, 6.45) is 2.60. The molecule has 1 heterocycles. The number of ether oxygens (including phenoxy) is 2. The molecule has 6 unspecified atom stereocenters. The molecule has 5 aliphatic rings. The highest BCUT2D eigenvalue weighted by molar-refractivity contribution is 5.20. The van der Waals surface area contributed by atoms with Crippen molar-refractivity contribution in [1.29, 1.82) is 0 Å². The third kappa shape index (κ3) is 5.17. The molecule has 1 saturated heterocycles. The number of hydrogen-bond acceptors (Lipinski definition) is 8. The molecular weight excluding hydrogens is 560 g/mol. The number of fused-ring (bicyclic) bond motifs is 5. The first-order valence-corrected chi connectivity index (χ1v) is 17.3. The van der Waals surface area contributed by atoms with E-state index in [0.717, 1.165) is 51.4 Å². The number of hydrogen-bond donors (Lipinski definition) is 6. The molecule has 8 heteroatoms. The van der Waals surface area contributed by atoms with E-state index in [9.17, 15) is 30.6 Å². The Morgan fingerprint density at radius 1 is 0.864 bits per heavy atom. The summed E-state index contributed by atoms with van der Waals surface area (Å²) in [5, 5.41) is 65.0. The first-order chi connectivity index (χ1) is 20.4. The first-order valence-electron chi connectivity index (χ1n) is 17.3. The predicted octanol–water partition coefficient (Wildman–Crippen LogP) is 4.32. The van der Waals surface area contributed by atoms with Crippen LogP contribution in [0.2, 0.25) is 0 Å². The van der Waals surface area contributed by atoms with Gasteiger partial charge in [0.2, 0.25) is 0 Å². The van der Waals surface area contributed by atoms with Crippen LogP contribution in [0.15, 0.2) is 11.6 Å². The Balaban J connectivity index is 1.49. The maximum absolute atomic E-state index is 12.2. The Kier molecular flexibility index (Phi) is 9.35. The third-order valence-corrected chi connectivity index (χ3v) is 14.6. The van der Waals surface area contributed by atoms with E-state index >= 15 is 0 Å². The molecule has 0 amide bonds. The average molecular weight is 623 g/mol. The van der Waals surface area contributed by atoms with Crippen LogP contribution in [-0.2, 0) is 9.47 Å². The van der Waals surface area contributed by atoms with Crippen molar-refractivity contribution in [1.82, 2.24) is 0 Å². The summed E-state index contributed by atoms with van der Waals surface area (Å²) in [6, 6.07) is 0. The van der Waals surface area contributed by atoms with E-state index in [-0.39, 0.29) is 39.6 Å². The van der Waals surface area contributed by atoms with Gasteiger partial charge in [0.25, 0.3) is 0 Å². The zero-order valence-corrected chi connectivity index (χ0v) is 28.5. The zero-order valence-electron chi connectivity index (χ0n) is 28.5. The smallest absolute Gasteiger partial charge is 0.187 e. The molecule has 0 aromatic rings. The van der Waals surface area contributed by atoms with Gasteiger partial charge in [-0.3, -0.25) is 0 Å². The van der Waals surface area contributed by atoms with Gasteiger partial charge in [-0.2, -0.15) is 0 Å². The number of aliphatic hydroxyl groups is 6. The van der Waals surface area contributed by atoms with Crippen molar-refractivity contribution in [3.63, 3.8) is 0 Å². The molecule has 254 valence electrons. The van der Waals surface area contributed by atoms with Gasteiger partial charge in [-0.1, -0.05) is 46.3 Å². The summed E-state index contributed by atoms with van der Waals surface area (Å²) in [5.41, 5.74) is 0.171. The second-order valence-corrected chi connectivity index (χ2v) is 17.3. The molecule has 0 spiro atoms. The van der Waals surface area contributed by atoms with Crippen LogP contribution in [-0.4, -0.2) is 85.8 Å². The van der Waals surface area contributed by atoms with Crippen LogP contribution in [0.5, 0.6) is 0 Å². The maximum Gasteiger partial charge on any atom is 0.187 e. The Labute approximate surface area is 265 Å². The van der Waals surface area contributed by atoms with Crippen LogP contribution in [0.3, 0.4) is 0 Å². The van der Waals surface area contributed by atoms with Crippen LogP contribution in [0.1, 0.15) is 113 Å². The first kappa shape index (κ1) is 34.7. The minimum absolute atomic E-state index is 0.0131. The summed E-state index contributed by atoms with van der Waals surface area (Å²) in [6.45, 7) is 17.5. The van der Waals surface area contributed by atoms with Gasteiger partial charge in [0.05, 0.1) is 24.4 Å². The molecule has 0 radical (unpaired) electrons. The minimum atomic E-state index is -1.50. The lowest BCUT2D eigenvalue weighted by Gasteiger charge is -2.70. The van der Waals surface area contributed by atoms with Gasteiger partial charge in [-0.25, -0.2) is 0 Å². The SMILES string of the molecule is CC(C)=CCCC(C)(O[C@H]1O[C@H](CO)[C@@H](O)[C@H](O)C1O)C1CC[C@]2(C)[C@@H]1C(O)CC1[C@@]3(C)CC[C@H](O)C(C)(C)C3CC[C@]12C. The summed E-state index contributed by atoms with van der Waals surface area (Å²) in [7, 11) is 0. The van der Waals surface area contributed by atoms with Crippen LogP contribution >= 0.6 is 0 Å². The van der Waals surface area contributed by atoms with Gasteiger partial charge in [-0.05, 0) is 124 Å². The number of aliphatic hydroxyl groups excluding tert-OH is 6. The lowest BCUT2D eigenvalue weighted by atomic mass is 9.35. The molecule has 4 aliphatic carbocycles. The molecule has 0 bridgehead atoms. The molecule has 4 saturated carbocycles. The normalized spacial score (nSPS) is 51.5. The van der Waals surface area contributed by atoms with Crippen LogP contribution in [0, 0.1) is 45.3 Å². The van der Waals surface area contributed by atoms with E-state index in [4.69, 9.17) is 9.47 Å². The topological polar surface area (TPSA) is 140 Å². The fourth-order valence-corrected chi connectivity index (χ4v) is 11.8. The van der Waals surface area contributed by atoms with E-state index in [0.29, 0.717) is 18.3 Å². The highest BCUT2D eigenvalue weighted by atomic mass is 16.7. The molecular formula is C36H62O8. The second-order valence-electron chi connectivity index (χ2n) is 17.3. The van der Waals surface area contributed by atoms with Crippen molar-refractivity contribution in [2.45, 2.75) is 162 Å². The van der Waals surface area contributed by atoms with Crippen molar-refractivity contribution in [3.8, 4) is 0 Å². The molecule has 44 heavy (non-hydrogen) atoms. The summed E-state index contributed by atoms with van der Waals surface area (Å²) in [4.78, 5) is 0. The molecule has 0 aromatic carbocycles. The highest BCUT2D eigenvalue weighted by Crippen LogP contribution is 2.76. The van der Waals surface area contributed by atoms with Gasteiger partial charge < -0.3 is 40.1 Å². The molecule has 5 fully saturated rings. The Morgan fingerprint density at radius 3 is 2.16 bits per heavy atom. The predicted molar refractivity (Wildman–Crippen MR) is 168 cm³/mol. The fourth-order valence-electron chi connectivity index (χ4n) is 11.8. The summed E-state index contributed by atoms with van der Waals surface area (Å²) in [5.74, 6) is 0.713. The van der Waals surface area contributed by atoms with Crippen molar-refractivity contribution < 1.29 is 40.1 Å². The van der Waals surface area contributed by atoms with Gasteiger partial charge in [0.15, 0.2) is 6.29 Å². The van der Waals surface area contributed by atoms with Gasteiger partial charge >= 0.3 is 0 Å². The van der Waals surface area contributed by atoms with Gasteiger partial charge in [0.1, 0.15) is 24.4 Å². The Bertz CT molecular complexity index is 1070. The van der Waals surface area contributed by atoms with Crippen molar-refractivity contribution in [2.24, 2.45) is 45.3 Å². The minimum Gasteiger partial charge on any atom is -0.394 e. The van der Waals surface area contributed by atoms with Crippen LogP contribution in [0.25, 0.3) is 0 Å². The molecule has 15 atom stereocenters. The van der Waals surface area contributed by atoms with Crippen molar-refractivity contribution in [2.75, 3.05) is 6.61 Å². The van der Waals surface area contributed by atoms with Crippen LogP contribution in [0.4, 0.5) is 0 Å². The van der Waals surface area contributed by atoms with Crippen LogP contribution < -0.4 is 0 Å². The third-order valence-electron chi connectivity index (χ3n) is 14.6. The Morgan fingerprint density at radius 2 is 1.52 bits per heavy atom. The fraction of sp³-hybridized carbons (Fsp3) is 0.944. The molecule has 1 aliphatic heterocycles. The quantitative estimate of drug-likeness (QED) is 0.231. The molecule has 5 rings (SSSR count). The Hall–Kier alpha value is -0.580. The number of rotatable bonds is 7. The lowest BCUT2D eigenvalue weighted by Crippen LogP contribution is -2.67. The second kappa shape index (κ2) is 11.8. The molecule has 6 N–H and O–H groups in total. The van der Waals surface area contributed by atoms with E-state index in [2.05, 4.69) is 61.5 Å². The standard InChI is InChI=1S/C36H62O8/c1-20(2)10-9-14-36(8,44-31-30(42)29(41)28(40)23(19-37)43-31)21-11-16-35(7)27(21)22(38)18-25-33(5)15-13-26(39)32(3,4)24(33)12-17-34(25,35)6/h10,21-31,37-42H,9,11-19H2,1-8H3/t21?,22?,23-,24?,25?,26+,27+,28-,29+,30?,31-,33+,34-,35-,36?/m1/s1. The molecule has 8 nitrogen and oxygen atoms in total. The molecule has 0 aromatic heterocycles. The largest absolute Gasteiger partial charge is 0.394 e. The van der Waals surface area contributed by atoms with Crippen molar-refractivity contribution in [3.05, 3.63) is 11.6 Å². The summed E-state index contributed by atoms with van der Waals surface area (Å²) < 4.78 is 12.6. The van der Waals surface area contributed by atoms with E-state index in [1.807, 2.05) is 0 Å². The van der Waals surface area contributed by atoms with E-state index < -0.39 is 49.0 Å².